The summed E-state index contributed by atoms with van der Waals surface area (Å²) < 4.78 is 16.0. The zero-order valence-corrected chi connectivity index (χ0v) is 16.0. The van der Waals surface area contributed by atoms with Gasteiger partial charge < -0.3 is 24.5 Å². The summed E-state index contributed by atoms with van der Waals surface area (Å²) in [5, 5.41) is 5.97. The second kappa shape index (κ2) is 6.96. The minimum atomic E-state index is -0.350. The van der Waals surface area contributed by atoms with Crippen LogP contribution in [0.15, 0.2) is 23.6 Å². The van der Waals surface area contributed by atoms with Crippen LogP contribution in [-0.2, 0) is 4.74 Å². The summed E-state index contributed by atoms with van der Waals surface area (Å²) in [5.41, 5.74) is 4.62. The molecule has 27 heavy (non-hydrogen) atoms. The first-order valence-electron chi connectivity index (χ1n) is 8.47. The van der Waals surface area contributed by atoms with Crippen LogP contribution < -0.4 is 14.8 Å². The number of fused-ring (bicyclic) bond motifs is 1. The number of carbonyl (C=O) groups excluding carboxylic acids is 1. The third-order valence-corrected chi connectivity index (χ3v) is 5.14. The van der Waals surface area contributed by atoms with Crippen molar-refractivity contribution in [2.24, 2.45) is 0 Å². The van der Waals surface area contributed by atoms with Crippen molar-refractivity contribution in [3.8, 4) is 22.9 Å². The second-order valence-electron chi connectivity index (χ2n) is 6.14. The van der Waals surface area contributed by atoms with Crippen LogP contribution >= 0.6 is 11.3 Å². The molecule has 0 amide bonds. The molecule has 2 aromatic heterocycles. The molecule has 0 atom stereocenters. The number of hydrogen-bond donors (Lipinski definition) is 2. The summed E-state index contributed by atoms with van der Waals surface area (Å²) in [6.45, 7) is 4.85. The molecule has 3 heterocycles. The number of esters is 1. The monoisotopic (exact) mass is 385 g/mol. The van der Waals surface area contributed by atoms with Crippen LogP contribution in [0.5, 0.6) is 11.5 Å². The molecule has 0 bridgehead atoms. The Hall–Kier alpha value is -3.00. The van der Waals surface area contributed by atoms with Crippen LogP contribution in [0.4, 0.5) is 10.8 Å². The van der Waals surface area contributed by atoms with Gasteiger partial charge in [0.1, 0.15) is 18.9 Å². The van der Waals surface area contributed by atoms with E-state index in [0.717, 1.165) is 45.0 Å². The van der Waals surface area contributed by atoms with Crippen molar-refractivity contribution in [1.82, 2.24) is 9.97 Å². The molecule has 1 aromatic carbocycles. The molecule has 1 aliphatic heterocycles. The van der Waals surface area contributed by atoms with Crippen molar-refractivity contribution in [2.75, 3.05) is 25.6 Å². The van der Waals surface area contributed by atoms with Crippen LogP contribution in [0.2, 0.25) is 0 Å². The first kappa shape index (κ1) is 17.4. The highest BCUT2D eigenvalue weighted by atomic mass is 32.1. The van der Waals surface area contributed by atoms with Gasteiger partial charge >= 0.3 is 5.97 Å². The number of nitrogens with zero attached hydrogens (tertiary/aromatic N) is 1. The fraction of sp³-hybridized carbons (Fsp3) is 0.263. The first-order valence-corrected chi connectivity index (χ1v) is 9.35. The van der Waals surface area contributed by atoms with Crippen molar-refractivity contribution in [1.29, 1.82) is 0 Å². The van der Waals surface area contributed by atoms with E-state index in [4.69, 9.17) is 14.2 Å². The molecular weight excluding hydrogens is 366 g/mol. The predicted octanol–water partition coefficient (Wildman–Crippen LogP) is 4.06. The molecule has 0 spiro atoms. The molecule has 0 saturated heterocycles. The third kappa shape index (κ3) is 3.23. The summed E-state index contributed by atoms with van der Waals surface area (Å²) in [6, 6.07) is 5.70. The maximum Gasteiger partial charge on any atom is 0.339 e. The summed E-state index contributed by atoms with van der Waals surface area (Å²) in [4.78, 5) is 19.9. The van der Waals surface area contributed by atoms with E-state index in [2.05, 4.69) is 15.3 Å². The maximum absolute atomic E-state index is 12.0. The van der Waals surface area contributed by atoms with Crippen molar-refractivity contribution < 1.29 is 19.0 Å². The first-order chi connectivity index (χ1) is 13.1. The smallest absolute Gasteiger partial charge is 0.339 e. The lowest BCUT2D eigenvalue weighted by atomic mass is 10.1. The molecule has 7 nitrogen and oxygen atoms in total. The fourth-order valence-electron chi connectivity index (χ4n) is 3.10. The van der Waals surface area contributed by atoms with Gasteiger partial charge in [-0.05, 0) is 31.5 Å². The maximum atomic E-state index is 12.0. The van der Waals surface area contributed by atoms with Crippen LogP contribution in [0, 0.1) is 13.8 Å². The van der Waals surface area contributed by atoms with E-state index in [1.165, 1.54) is 18.4 Å². The molecule has 0 unspecified atom stereocenters. The van der Waals surface area contributed by atoms with Gasteiger partial charge in [-0.2, -0.15) is 0 Å². The van der Waals surface area contributed by atoms with Gasteiger partial charge in [0.05, 0.1) is 18.4 Å². The Bertz CT molecular complexity index is 1010. The zero-order valence-electron chi connectivity index (χ0n) is 15.2. The van der Waals surface area contributed by atoms with Gasteiger partial charge in [-0.1, -0.05) is 0 Å². The molecule has 0 fully saturated rings. The SMILES string of the molecule is COC(=O)c1c(C)[nH]c(-c2csc(Nc3ccc4c(c3)OCCO4)n2)c1C. The van der Waals surface area contributed by atoms with E-state index in [0.29, 0.717) is 18.8 Å². The number of methoxy groups -OCH3 is 1. The minimum absolute atomic E-state index is 0.350. The highest BCUT2D eigenvalue weighted by Crippen LogP contribution is 2.35. The molecule has 0 radical (unpaired) electrons. The number of carbonyl (C=O) groups is 1. The molecule has 3 aromatic rings. The van der Waals surface area contributed by atoms with Crippen molar-refractivity contribution in [2.45, 2.75) is 13.8 Å². The molecule has 1 aliphatic rings. The van der Waals surface area contributed by atoms with E-state index in [9.17, 15) is 4.79 Å². The van der Waals surface area contributed by atoms with Gasteiger partial charge in [0.25, 0.3) is 0 Å². The molecule has 2 N–H and O–H groups in total. The Morgan fingerprint density at radius 1 is 1.26 bits per heavy atom. The van der Waals surface area contributed by atoms with E-state index in [-0.39, 0.29) is 5.97 Å². The summed E-state index contributed by atoms with van der Waals surface area (Å²) in [7, 11) is 1.38. The van der Waals surface area contributed by atoms with Gasteiger partial charge in [0, 0.05) is 22.8 Å². The van der Waals surface area contributed by atoms with Crippen LogP contribution in [0.3, 0.4) is 0 Å². The quantitative estimate of drug-likeness (QED) is 0.659. The number of hydrogen-bond acceptors (Lipinski definition) is 7. The molecule has 0 saturated carbocycles. The van der Waals surface area contributed by atoms with Gasteiger partial charge in [-0.25, -0.2) is 9.78 Å². The molecule has 4 rings (SSSR count). The topological polar surface area (TPSA) is 85.5 Å². The lowest BCUT2D eigenvalue weighted by molar-refractivity contribution is 0.0599. The van der Waals surface area contributed by atoms with Crippen molar-refractivity contribution in [3.63, 3.8) is 0 Å². The van der Waals surface area contributed by atoms with Gasteiger partial charge in [0.15, 0.2) is 16.6 Å². The predicted molar refractivity (Wildman–Crippen MR) is 103 cm³/mol. The summed E-state index contributed by atoms with van der Waals surface area (Å²) in [6.07, 6.45) is 0. The van der Waals surface area contributed by atoms with E-state index in [1.807, 2.05) is 37.4 Å². The number of ether oxygens (including phenoxy) is 3. The fourth-order valence-corrected chi connectivity index (χ4v) is 3.83. The van der Waals surface area contributed by atoms with Gasteiger partial charge in [0.2, 0.25) is 0 Å². The zero-order chi connectivity index (χ0) is 19.0. The third-order valence-electron chi connectivity index (χ3n) is 4.38. The van der Waals surface area contributed by atoms with Crippen molar-refractivity contribution in [3.05, 3.63) is 40.4 Å². The summed E-state index contributed by atoms with van der Waals surface area (Å²) in [5.74, 6) is 1.12. The molecule has 0 aliphatic carbocycles. The minimum Gasteiger partial charge on any atom is -0.486 e. The number of anilines is 2. The number of thiazole rings is 1. The molecule has 8 heteroatoms. The Balaban J connectivity index is 1.58. The molecule has 140 valence electrons. The number of rotatable bonds is 4. The standard InChI is InChI=1S/C19H19N3O4S/c1-10-16(18(23)24-3)11(2)20-17(10)13-9-27-19(22-13)21-12-4-5-14-15(8-12)26-7-6-25-14/h4-5,8-9,20H,6-7H2,1-3H3,(H,21,22). The van der Waals surface area contributed by atoms with Gasteiger partial charge in [-0.15, -0.1) is 11.3 Å². The van der Waals surface area contributed by atoms with Crippen LogP contribution in [0.1, 0.15) is 21.6 Å². The number of nitrogens with one attached hydrogen (secondary N) is 2. The lowest BCUT2D eigenvalue weighted by Crippen LogP contribution is -2.15. The van der Waals surface area contributed by atoms with E-state index in [1.54, 1.807) is 0 Å². The Labute approximate surface area is 160 Å². The van der Waals surface area contributed by atoms with E-state index >= 15 is 0 Å². The Morgan fingerprint density at radius 3 is 2.81 bits per heavy atom. The number of aryl methyl sites for hydroxylation is 1. The van der Waals surface area contributed by atoms with Crippen molar-refractivity contribution >= 4 is 28.1 Å². The lowest BCUT2D eigenvalue weighted by Gasteiger charge is -2.18. The van der Waals surface area contributed by atoms with E-state index < -0.39 is 0 Å². The number of H-pyrrole nitrogens is 1. The normalized spacial score (nSPS) is 12.7. The Kier molecular flexibility index (Phi) is 4.49. The Morgan fingerprint density at radius 2 is 2.04 bits per heavy atom. The average molecular weight is 385 g/mol. The second-order valence-corrected chi connectivity index (χ2v) is 7.00. The molecular formula is C19H19N3O4S. The highest BCUT2D eigenvalue weighted by molar-refractivity contribution is 7.14. The van der Waals surface area contributed by atoms with Crippen LogP contribution in [-0.4, -0.2) is 36.3 Å². The van der Waals surface area contributed by atoms with Gasteiger partial charge in [-0.3, -0.25) is 0 Å². The van der Waals surface area contributed by atoms with Crippen LogP contribution in [0.25, 0.3) is 11.4 Å². The average Bonchev–Trinajstić information content (AvgIpc) is 3.25. The number of aromatic nitrogens is 2. The largest absolute Gasteiger partial charge is 0.486 e. The highest BCUT2D eigenvalue weighted by Gasteiger charge is 2.21. The number of benzene rings is 1. The summed E-state index contributed by atoms with van der Waals surface area (Å²) >= 11 is 1.48. The number of aromatic amines is 1.